The zero-order chi connectivity index (χ0) is 27.4. The van der Waals surface area contributed by atoms with Crippen LogP contribution in [-0.4, -0.2) is 0 Å². The van der Waals surface area contributed by atoms with Crippen LogP contribution in [0.1, 0.15) is 145 Å². The highest BCUT2D eigenvalue weighted by Crippen LogP contribution is 2.34. The summed E-state index contributed by atoms with van der Waals surface area (Å²) in [5, 5.41) is 0. The summed E-state index contributed by atoms with van der Waals surface area (Å²) in [7, 11) is 0. The highest BCUT2D eigenvalue weighted by molar-refractivity contribution is 5.44. The van der Waals surface area contributed by atoms with E-state index in [1.54, 1.807) is 0 Å². The van der Waals surface area contributed by atoms with Gasteiger partial charge < -0.3 is 0 Å². The molecule has 39 heavy (non-hydrogen) atoms. The van der Waals surface area contributed by atoms with Crippen LogP contribution in [0.3, 0.4) is 0 Å². The summed E-state index contributed by atoms with van der Waals surface area (Å²) in [6.07, 6.45) is 30.7. The number of hydrogen-bond donors (Lipinski definition) is 0. The maximum atomic E-state index is 3.36. The standard InChI is InChI=1S/C39H56/c1-3-5-7-9-11-13-15-17-35-20-24-37(25-21-35)27-29-39-32-30-38(31-33-39)28-26-36-22-18-34(19-23-36)16-14-12-10-8-6-4-2/h10,12,18-19,22-23,30-33,35,37H,3-9,11,13-17,20-21,24-25,27,29H2,1-2H3/b12-10+. The second-order valence-corrected chi connectivity index (χ2v) is 12.1. The highest BCUT2D eigenvalue weighted by Gasteiger charge is 2.20. The molecule has 0 N–H and O–H groups in total. The van der Waals surface area contributed by atoms with Gasteiger partial charge in [0.15, 0.2) is 0 Å². The molecule has 1 aliphatic carbocycles. The summed E-state index contributed by atoms with van der Waals surface area (Å²) in [5.74, 6) is 8.67. The molecular formula is C39H56. The second-order valence-electron chi connectivity index (χ2n) is 12.1. The van der Waals surface area contributed by atoms with Gasteiger partial charge in [0.1, 0.15) is 0 Å². The molecule has 2 aromatic rings. The highest BCUT2D eigenvalue weighted by atomic mass is 14.3. The molecule has 0 unspecified atom stereocenters. The molecule has 0 heteroatoms. The first-order valence-electron chi connectivity index (χ1n) is 16.6. The summed E-state index contributed by atoms with van der Waals surface area (Å²) in [6, 6.07) is 17.8. The Kier molecular flexibility index (Phi) is 15.8. The van der Waals surface area contributed by atoms with Crippen molar-refractivity contribution in [2.45, 2.75) is 136 Å². The molecule has 212 valence electrons. The minimum absolute atomic E-state index is 0.940. The average Bonchev–Trinajstić information content (AvgIpc) is 2.98. The smallest absolute Gasteiger partial charge is 0.0249 e. The van der Waals surface area contributed by atoms with E-state index in [2.05, 4.69) is 86.4 Å². The van der Waals surface area contributed by atoms with Gasteiger partial charge in [-0.05, 0) is 79.3 Å². The van der Waals surface area contributed by atoms with E-state index >= 15 is 0 Å². The Bertz CT molecular complexity index is 957. The van der Waals surface area contributed by atoms with Crippen LogP contribution < -0.4 is 0 Å². The summed E-state index contributed by atoms with van der Waals surface area (Å²) in [5.41, 5.74) is 5.08. The fraction of sp³-hybridized carbons (Fsp3) is 0.590. The number of allylic oxidation sites excluding steroid dienone is 2. The summed E-state index contributed by atoms with van der Waals surface area (Å²) in [6.45, 7) is 4.55. The first kappa shape index (κ1) is 31.3. The molecule has 0 bridgehead atoms. The van der Waals surface area contributed by atoms with Crippen molar-refractivity contribution in [3.8, 4) is 11.8 Å². The molecule has 1 saturated carbocycles. The number of hydrogen-bond acceptors (Lipinski definition) is 0. The monoisotopic (exact) mass is 524 g/mol. The Hall–Kier alpha value is -2.26. The second kappa shape index (κ2) is 19.7. The molecule has 0 aromatic heterocycles. The van der Waals surface area contributed by atoms with Crippen molar-refractivity contribution >= 4 is 0 Å². The predicted octanol–water partition coefficient (Wildman–Crippen LogP) is 11.6. The van der Waals surface area contributed by atoms with Gasteiger partial charge in [0.05, 0.1) is 0 Å². The first-order valence-corrected chi connectivity index (χ1v) is 16.6. The summed E-state index contributed by atoms with van der Waals surface area (Å²) in [4.78, 5) is 0. The van der Waals surface area contributed by atoms with Crippen LogP contribution in [0.4, 0.5) is 0 Å². The van der Waals surface area contributed by atoms with E-state index in [0.717, 1.165) is 35.8 Å². The number of rotatable bonds is 17. The van der Waals surface area contributed by atoms with Crippen LogP contribution in [0.25, 0.3) is 0 Å². The van der Waals surface area contributed by atoms with Crippen LogP contribution in [0, 0.1) is 23.7 Å². The van der Waals surface area contributed by atoms with E-state index in [1.165, 1.54) is 120 Å². The Morgan fingerprint density at radius 3 is 1.62 bits per heavy atom. The van der Waals surface area contributed by atoms with E-state index in [0.29, 0.717) is 0 Å². The van der Waals surface area contributed by atoms with Crippen molar-refractivity contribution in [3.63, 3.8) is 0 Å². The van der Waals surface area contributed by atoms with Gasteiger partial charge in [-0.3, -0.25) is 0 Å². The van der Waals surface area contributed by atoms with Crippen molar-refractivity contribution in [1.29, 1.82) is 0 Å². The largest absolute Gasteiger partial charge is 0.0885 e. The van der Waals surface area contributed by atoms with Crippen LogP contribution in [-0.2, 0) is 12.8 Å². The molecule has 0 spiro atoms. The number of benzene rings is 2. The fourth-order valence-electron chi connectivity index (χ4n) is 6.03. The Labute approximate surface area is 242 Å². The average molecular weight is 525 g/mol. The Balaban J connectivity index is 1.30. The third-order valence-electron chi connectivity index (χ3n) is 8.77. The lowest BCUT2D eigenvalue weighted by Gasteiger charge is -2.28. The van der Waals surface area contributed by atoms with Gasteiger partial charge in [0, 0.05) is 11.1 Å². The van der Waals surface area contributed by atoms with Crippen molar-refractivity contribution in [2.24, 2.45) is 11.8 Å². The zero-order valence-electron chi connectivity index (χ0n) is 25.4. The topological polar surface area (TPSA) is 0 Å². The maximum absolute atomic E-state index is 3.36. The van der Waals surface area contributed by atoms with Gasteiger partial charge in [-0.25, -0.2) is 0 Å². The van der Waals surface area contributed by atoms with Crippen LogP contribution >= 0.6 is 0 Å². The van der Waals surface area contributed by atoms with Crippen molar-refractivity contribution in [2.75, 3.05) is 0 Å². The lowest BCUT2D eigenvalue weighted by atomic mass is 9.77. The van der Waals surface area contributed by atoms with Crippen LogP contribution in [0.2, 0.25) is 0 Å². The molecule has 0 amide bonds. The Morgan fingerprint density at radius 2 is 1.03 bits per heavy atom. The van der Waals surface area contributed by atoms with Gasteiger partial charge in [-0.2, -0.15) is 0 Å². The fourth-order valence-corrected chi connectivity index (χ4v) is 6.03. The third-order valence-corrected chi connectivity index (χ3v) is 8.77. The molecule has 0 heterocycles. The zero-order valence-corrected chi connectivity index (χ0v) is 25.4. The van der Waals surface area contributed by atoms with E-state index < -0.39 is 0 Å². The molecular weight excluding hydrogens is 468 g/mol. The lowest BCUT2D eigenvalue weighted by molar-refractivity contribution is 0.248. The van der Waals surface area contributed by atoms with Gasteiger partial charge in [0.25, 0.3) is 0 Å². The predicted molar refractivity (Wildman–Crippen MR) is 172 cm³/mol. The minimum Gasteiger partial charge on any atom is -0.0885 e. The molecule has 0 saturated heterocycles. The van der Waals surface area contributed by atoms with Crippen LogP contribution in [0.5, 0.6) is 0 Å². The van der Waals surface area contributed by atoms with E-state index in [-0.39, 0.29) is 0 Å². The molecule has 3 rings (SSSR count). The summed E-state index contributed by atoms with van der Waals surface area (Å²) < 4.78 is 0. The molecule has 2 aromatic carbocycles. The first-order chi connectivity index (χ1) is 19.3. The summed E-state index contributed by atoms with van der Waals surface area (Å²) >= 11 is 0. The van der Waals surface area contributed by atoms with Gasteiger partial charge in [-0.1, -0.05) is 152 Å². The normalized spacial score (nSPS) is 17.3. The van der Waals surface area contributed by atoms with Gasteiger partial charge in [-0.15, -0.1) is 0 Å². The van der Waals surface area contributed by atoms with Crippen molar-refractivity contribution in [1.82, 2.24) is 0 Å². The molecule has 1 fully saturated rings. The van der Waals surface area contributed by atoms with E-state index in [1.807, 2.05) is 0 Å². The molecule has 0 radical (unpaired) electrons. The van der Waals surface area contributed by atoms with Crippen molar-refractivity contribution < 1.29 is 0 Å². The quantitative estimate of drug-likeness (QED) is 0.110. The van der Waals surface area contributed by atoms with Crippen LogP contribution in [0.15, 0.2) is 60.7 Å². The van der Waals surface area contributed by atoms with Gasteiger partial charge >= 0.3 is 0 Å². The molecule has 0 atom stereocenters. The van der Waals surface area contributed by atoms with Crippen molar-refractivity contribution in [3.05, 3.63) is 82.9 Å². The van der Waals surface area contributed by atoms with Gasteiger partial charge in [0.2, 0.25) is 0 Å². The SMILES string of the molecule is CCCC/C=C/CCc1ccc(C#Cc2ccc(CCC3CCC(CCCCCCCCC)CC3)cc2)cc1. The molecule has 0 aliphatic heterocycles. The number of unbranched alkanes of at least 4 members (excludes halogenated alkanes) is 8. The minimum atomic E-state index is 0.940. The molecule has 0 nitrogen and oxygen atoms in total. The lowest BCUT2D eigenvalue weighted by Crippen LogP contribution is -2.15. The third kappa shape index (κ3) is 13.6. The maximum Gasteiger partial charge on any atom is 0.0249 e. The van der Waals surface area contributed by atoms with E-state index in [9.17, 15) is 0 Å². The number of aryl methyl sites for hydroxylation is 2. The van der Waals surface area contributed by atoms with E-state index in [4.69, 9.17) is 0 Å². The Morgan fingerprint density at radius 1 is 0.538 bits per heavy atom. The molecule has 1 aliphatic rings.